The Morgan fingerprint density at radius 3 is 2.14 bits per heavy atom. The predicted molar refractivity (Wildman–Crippen MR) is 117 cm³/mol. The zero-order chi connectivity index (χ0) is 20.1. The van der Waals surface area contributed by atoms with Crippen LogP contribution in [0.4, 0.5) is 5.69 Å². The molecule has 4 heteroatoms. The van der Waals surface area contributed by atoms with Gasteiger partial charge in [0.05, 0.1) is 0 Å². The summed E-state index contributed by atoms with van der Waals surface area (Å²) in [6.45, 7) is 5.74. The van der Waals surface area contributed by atoms with Crippen LogP contribution >= 0.6 is 0 Å². The summed E-state index contributed by atoms with van der Waals surface area (Å²) in [6.07, 6.45) is 0. The molecule has 1 fully saturated rings. The Bertz CT molecular complexity index is 929. The molecule has 1 saturated heterocycles. The van der Waals surface area contributed by atoms with Crippen LogP contribution < -0.4 is 9.64 Å². The molecular formula is C25H26N2O2. The van der Waals surface area contributed by atoms with Crippen molar-refractivity contribution in [2.45, 2.75) is 13.5 Å². The Morgan fingerprint density at radius 1 is 0.828 bits per heavy atom. The summed E-state index contributed by atoms with van der Waals surface area (Å²) in [6, 6.07) is 26.2. The summed E-state index contributed by atoms with van der Waals surface area (Å²) in [5, 5.41) is 0. The number of piperazine rings is 1. The van der Waals surface area contributed by atoms with Crippen LogP contribution in [0.3, 0.4) is 0 Å². The fraction of sp³-hybridized carbons (Fsp3) is 0.240. The van der Waals surface area contributed by atoms with Crippen molar-refractivity contribution in [2.24, 2.45) is 0 Å². The molecule has 0 bridgehead atoms. The number of rotatable bonds is 5. The van der Waals surface area contributed by atoms with Gasteiger partial charge in [-0.15, -0.1) is 0 Å². The number of benzene rings is 3. The standard InChI is InChI=1S/C25H26N2O2/c1-20-7-9-22(10-8-20)25(28)27-17-15-26(16-18-27)23-11-13-24(14-12-23)29-19-21-5-3-2-4-6-21/h2-14H,15-19H2,1H3. The summed E-state index contributed by atoms with van der Waals surface area (Å²) in [7, 11) is 0. The van der Waals surface area contributed by atoms with Crippen LogP contribution in [0.2, 0.25) is 0 Å². The van der Waals surface area contributed by atoms with Crippen LogP contribution in [0.25, 0.3) is 0 Å². The zero-order valence-corrected chi connectivity index (χ0v) is 16.8. The second-order valence-electron chi connectivity index (χ2n) is 7.41. The number of carbonyl (C=O) groups is 1. The van der Waals surface area contributed by atoms with Crippen LogP contribution in [0.5, 0.6) is 5.75 Å². The molecule has 3 aromatic rings. The Kier molecular flexibility index (Phi) is 5.80. The average Bonchev–Trinajstić information content (AvgIpc) is 2.79. The molecule has 1 amide bonds. The smallest absolute Gasteiger partial charge is 0.253 e. The van der Waals surface area contributed by atoms with E-state index in [2.05, 4.69) is 29.2 Å². The highest BCUT2D eigenvalue weighted by molar-refractivity contribution is 5.94. The van der Waals surface area contributed by atoms with Crippen molar-refractivity contribution < 1.29 is 9.53 Å². The van der Waals surface area contributed by atoms with Gasteiger partial charge in [0.1, 0.15) is 12.4 Å². The molecular weight excluding hydrogens is 360 g/mol. The lowest BCUT2D eigenvalue weighted by Gasteiger charge is -2.36. The molecule has 0 spiro atoms. The fourth-order valence-corrected chi connectivity index (χ4v) is 3.54. The van der Waals surface area contributed by atoms with Gasteiger partial charge in [-0.25, -0.2) is 0 Å². The number of hydrogen-bond acceptors (Lipinski definition) is 3. The summed E-state index contributed by atoms with van der Waals surface area (Å²) in [5.74, 6) is 0.986. The van der Waals surface area contributed by atoms with Gasteiger partial charge in [-0.05, 0) is 48.9 Å². The molecule has 1 heterocycles. The molecule has 29 heavy (non-hydrogen) atoms. The third-order valence-electron chi connectivity index (χ3n) is 5.32. The minimum atomic E-state index is 0.120. The van der Waals surface area contributed by atoms with E-state index in [1.807, 2.05) is 66.4 Å². The van der Waals surface area contributed by atoms with E-state index in [-0.39, 0.29) is 5.91 Å². The fourth-order valence-electron chi connectivity index (χ4n) is 3.54. The quantitative estimate of drug-likeness (QED) is 0.646. The van der Waals surface area contributed by atoms with Gasteiger partial charge in [0.25, 0.3) is 5.91 Å². The number of nitrogens with zero attached hydrogens (tertiary/aromatic N) is 2. The first-order valence-electron chi connectivity index (χ1n) is 10.1. The van der Waals surface area contributed by atoms with Crippen molar-refractivity contribution in [2.75, 3.05) is 31.1 Å². The van der Waals surface area contributed by atoms with Crippen molar-refractivity contribution in [1.29, 1.82) is 0 Å². The van der Waals surface area contributed by atoms with Crippen LogP contribution in [0, 0.1) is 6.92 Å². The minimum Gasteiger partial charge on any atom is -0.489 e. The molecule has 0 N–H and O–H groups in total. The number of anilines is 1. The number of amides is 1. The first-order valence-corrected chi connectivity index (χ1v) is 10.1. The first kappa shape index (κ1) is 19.1. The van der Waals surface area contributed by atoms with E-state index in [1.165, 1.54) is 11.3 Å². The van der Waals surface area contributed by atoms with Crippen molar-refractivity contribution in [1.82, 2.24) is 4.90 Å². The minimum absolute atomic E-state index is 0.120. The highest BCUT2D eigenvalue weighted by atomic mass is 16.5. The highest BCUT2D eigenvalue weighted by Gasteiger charge is 2.22. The van der Waals surface area contributed by atoms with Gasteiger partial charge >= 0.3 is 0 Å². The molecule has 0 saturated carbocycles. The Balaban J connectivity index is 1.30. The SMILES string of the molecule is Cc1ccc(C(=O)N2CCN(c3ccc(OCc4ccccc4)cc3)CC2)cc1. The molecule has 1 aliphatic rings. The Hall–Kier alpha value is -3.27. The largest absolute Gasteiger partial charge is 0.489 e. The van der Waals surface area contributed by atoms with E-state index in [0.717, 1.165) is 43.1 Å². The van der Waals surface area contributed by atoms with Crippen molar-refractivity contribution in [3.63, 3.8) is 0 Å². The van der Waals surface area contributed by atoms with E-state index in [4.69, 9.17) is 4.74 Å². The number of hydrogen-bond donors (Lipinski definition) is 0. The second-order valence-corrected chi connectivity index (χ2v) is 7.41. The molecule has 4 nitrogen and oxygen atoms in total. The number of aryl methyl sites for hydroxylation is 1. The lowest BCUT2D eigenvalue weighted by Crippen LogP contribution is -2.48. The normalized spacial score (nSPS) is 14.0. The van der Waals surface area contributed by atoms with E-state index in [1.54, 1.807) is 0 Å². The van der Waals surface area contributed by atoms with Crippen molar-refractivity contribution in [3.8, 4) is 5.75 Å². The molecule has 148 valence electrons. The van der Waals surface area contributed by atoms with Gasteiger partial charge in [-0.1, -0.05) is 48.0 Å². The van der Waals surface area contributed by atoms with E-state index in [0.29, 0.717) is 6.61 Å². The lowest BCUT2D eigenvalue weighted by atomic mass is 10.1. The first-order chi connectivity index (χ1) is 14.2. The summed E-state index contributed by atoms with van der Waals surface area (Å²) in [4.78, 5) is 16.9. The molecule has 3 aromatic carbocycles. The van der Waals surface area contributed by atoms with Crippen molar-refractivity contribution >= 4 is 11.6 Å². The summed E-state index contributed by atoms with van der Waals surface area (Å²) >= 11 is 0. The van der Waals surface area contributed by atoms with Gasteiger partial charge in [0, 0.05) is 37.4 Å². The predicted octanol–water partition coefficient (Wildman–Crippen LogP) is 4.54. The third kappa shape index (κ3) is 4.77. The monoisotopic (exact) mass is 386 g/mol. The Morgan fingerprint density at radius 2 is 1.48 bits per heavy atom. The lowest BCUT2D eigenvalue weighted by molar-refractivity contribution is 0.0747. The van der Waals surface area contributed by atoms with E-state index in [9.17, 15) is 4.79 Å². The van der Waals surface area contributed by atoms with Crippen molar-refractivity contribution in [3.05, 3.63) is 95.6 Å². The van der Waals surface area contributed by atoms with Gasteiger partial charge in [-0.3, -0.25) is 4.79 Å². The molecule has 0 atom stereocenters. The number of carbonyl (C=O) groups excluding carboxylic acids is 1. The third-order valence-corrected chi connectivity index (χ3v) is 5.32. The Labute approximate surface area is 172 Å². The van der Waals surface area contributed by atoms with E-state index < -0.39 is 0 Å². The maximum Gasteiger partial charge on any atom is 0.253 e. The van der Waals surface area contributed by atoms with Gasteiger partial charge < -0.3 is 14.5 Å². The van der Waals surface area contributed by atoms with Crippen LogP contribution in [-0.4, -0.2) is 37.0 Å². The van der Waals surface area contributed by atoms with Crippen LogP contribution in [-0.2, 0) is 6.61 Å². The molecule has 0 unspecified atom stereocenters. The van der Waals surface area contributed by atoms with E-state index >= 15 is 0 Å². The highest BCUT2D eigenvalue weighted by Crippen LogP contribution is 2.22. The molecule has 0 aliphatic carbocycles. The molecule has 0 aromatic heterocycles. The van der Waals surface area contributed by atoms with Gasteiger partial charge in [-0.2, -0.15) is 0 Å². The maximum absolute atomic E-state index is 12.7. The molecule has 0 radical (unpaired) electrons. The summed E-state index contributed by atoms with van der Waals surface area (Å²) < 4.78 is 5.87. The second kappa shape index (κ2) is 8.82. The van der Waals surface area contributed by atoms with Gasteiger partial charge in [0.15, 0.2) is 0 Å². The topological polar surface area (TPSA) is 32.8 Å². The van der Waals surface area contributed by atoms with Crippen LogP contribution in [0.1, 0.15) is 21.5 Å². The number of ether oxygens (including phenoxy) is 1. The average molecular weight is 386 g/mol. The maximum atomic E-state index is 12.7. The molecule has 4 rings (SSSR count). The zero-order valence-electron chi connectivity index (χ0n) is 16.8. The van der Waals surface area contributed by atoms with Crippen LogP contribution in [0.15, 0.2) is 78.9 Å². The van der Waals surface area contributed by atoms with Gasteiger partial charge in [0.2, 0.25) is 0 Å². The molecule has 1 aliphatic heterocycles. The summed E-state index contributed by atoms with van der Waals surface area (Å²) in [5.41, 5.74) is 4.26.